The molecule has 1 rings (SSSR count). The van der Waals surface area contributed by atoms with Crippen LogP contribution in [0.3, 0.4) is 0 Å². The molecule has 0 saturated carbocycles. The van der Waals surface area contributed by atoms with E-state index in [0.29, 0.717) is 12.0 Å². The monoisotopic (exact) mass is 419 g/mol. The van der Waals surface area contributed by atoms with Gasteiger partial charge in [0.15, 0.2) is 0 Å². The molecule has 0 N–H and O–H groups in total. The van der Waals surface area contributed by atoms with Gasteiger partial charge in [-0.3, -0.25) is 4.79 Å². The topological polar surface area (TPSA) is 55.8 Å². The Morgan fingerprint density at radius 3 is 1.93 bits per heavy atom. The maximum atomic E-state index is 12.3. The smallest absolute Gasteiger partial charge is 0.338 e. The number of hydrogen-bond acceptors (Lipinski definition) is 5. The molecule has 1 unspecified atom stereocenters. The molecule has 0 aliphatic carbocycles. The molecule has 0 aliphatic heterocycles. The number of ether oxygens (including phenoxy) is 2. The fourth-order valence-electron chi connectivity index (χ4n) is 3.07. The van der Waals surface area contributed by atoms with Gasteiger partial charge in [-0.05, 0) is 43.5 Å². The van der Waals surface area contributed by atoms with Crippen LogP contribution in [0.25, 0.3) is 0 Å². The Kier molecular flexibility index (Phi) is 13.7. The zero-order chi connectivity index (χ0) is 22.2. The fraction of sp³-hybridized carbons (Fsp3) is 0.680. The minimum Gasteiger partial charge on any atom is -0.465 e. The van der Waals surface area contributed by atoms with Crippen LogP contribution in [0.15, 0.2) is 24.3 Å². The molecule has 1 aromatic rings. The van der Waals surface area contributed by atoms with E-state index in [0.717, 1.165) is 25.2 Å². The molecule has 0 bridgehead atoms. The lowest BCUT2D eigenvalue weighted by Crippen LogP contribution is -2.25. The molecule has 170 valence electrons. The van der Waals surface area contributed by atoms with Gasteiger partial charge in [0.25, 0.3) is 0 Å². The highest BCUT2D eigenvalue weighted by Crippen LogP contribution is 2.18. The Morgan fingerprint density at radius 2 is 1.40 bits per heavy atom. The number of unbranched alkanes of at least 4 members (excludes halogenated alkanes) is 4. The van der Waals surface area contributed by atoms with E-state index in [-0.39, 0.29) is 31.1 Å². The number of rotatable bonds is 16. The number of carbonyl (C=O) groups is 2. The van der Waals surface area contributed by atoms with Gasteiger partial charge in [-0.1, -0.05) is 53.4 Å². The summed E-state index contributed by atoms with van der Waals surface area (Å²) < 4.78 is 10.5. The van der Waals surface area contributed by atoms with Crippen molar-refractivity contribution < 1.29 is 19.1 Å². The molecule has 1 aromatic carbocycles. The third-order valence-corrected chi connectivity index (χ3v) is 5.31. The third kappa shape index (κ3) is 10.1. The SMILES string of the molecule is CCCCCN(CCCCC)c1ccc(C(=O)OCCCOC(=O)C(C)CC)cc1. The first kappa shape index (κ1) is 26.0. The van der Waals surface area contributed by atoms with E-state index < -0.39 is 0 Å². The highest BCUT2D eigenvalue weighted by molar-refractivity contribution is 5.89. The van der Waals surface area contributed by atoms with E-state index in [2.05, 4.69) is 18.7 Å². The standard InChI is InChI=1S/C25H41NO4/c1-5-8-10-17-26(18-11-9-6-2)23-15-13-22(14-16-23)25(28)30-20-12-19-29-24(27)21(4)7-3/h13-16,21H,5-12,17-20H2,1-4H3. The first-order chi connectivity index (χ1) is 14.5. The van der Waals surface area contributed by atoms with E-state index in [1.165, 1.54) is 38.5 Å². The zero-order valence-electron chi connectivity index (χ0n) is 19.5. The van der Waals surface area contributed by atoms with Crippen molar-refractivity contribution in [2.75, 3.05) is 31.2 Å². The fourth-order valence-corrected chi connectivity index (χ4v) is 3.07. The number of hydrogen-bond donors (Lipinski definition) is 0. The van der Waals surface area contributed by atoms with Gasteiger partial charge in [0.2, 0.25) is 0 Å². The first-order valence-electron chi connectivity index (χ1n) is 11.7. The van der Waals surface area contributed by atoms with Gasteiger partial charge >= 0.3 is 11.9 Å². The van der Waals surface area contributed by atoms with Crippen LogP contribution in [-0.4, -0.2) is 38.2 Å². The molecule has 5 heteroatoms. The summed E-state index contributed by atoms with van der Waals surface area (Å²) in [5, 5.41) is 0. The Morgan fingerprint density at radius 1 is 0.833 bits per heavy atom. The van der Waals surface area contributed by atoms with E-state index in [4.69, 9.17) is 9.47 Å². The van der Waals surface area contributed by atoms with Crippen LogP contribution in [0.4, 0.5) is 5.69 Å². The quantitative estimate of drug-likeness (QED) is 0.243. The van der Waals surface area contributed by atoms with Gasteiger partial charge in [0.05, 0.1) is 24.7 Å². The van der Waals surface area contributed by atoms with Gasteiger partial charge in [-0.15, -0.1) is 0 Å². The lowest BCUT2D eigenvalue weighted by molar-refractivity contribution is -0.148. The molecule has 0 radical (unpaired) electrons. The molecule has 0 saturated heterocycles. The van der Waals surface area contributed by atoms with Crippen molar-refractivity contribution in [1.82, 2.24) is 0 Å². The van der Waals surface area contributed by atoms with E-state index in [1.54, 1.807) is 0 Å². The number of esters is 2. The van der Waals surface area contributed by atoms with Crippen molar-refractivity contribution in [3.8, 4) is 0 Å². The Hall–Kier alpha value is -2.04. The maximum absolute atomic E-state index is 12.3. The van der Waals surface area contributed by atoms with Gasteiger partial charge in [0, 0.05) is 25.2 Å². The third-order valence-electron chi connectivity index (χ3n) is 5.31. The van der Waals surface area contributed by atoms with Crippen LogP contribution in [0.1, 0.15) is 89.4 Å². The van der Waals surface area contributed by atoms with Crippen molar-refractivity contribution >= 4 is 17.6 Å². The minimum atomic E-state index is -0.335. The summed E-state index contributed by atoms with van der Waals surface area (Å²) in [6, 6.07) is 7.71. The van der Waals surface area contributed by atoms with Crippen molar-refractivity contribution in [3.05, 3.63) is 29.8 Å². The number of nitrogens with zero attached hydrogens (tertiary/aromatic N) is 1. The Balaban J connectivity index is 2.47. The summed E-state index contributed by atoms with van der Waals surface area (Å²) >= 11 is 0. The molecule has 1 atom stereocenters. The van der Waals surface area contributed by atoms with Crippen molar-refractivity contribution in [3.63, 3.8) is 0 Å². The molecular weight excluding hydrogens is 378 g/mol. The zero-order valence-corrected chi connectivity index (χ0v) is 19.5. The van der Waals surface area contributed by atoms with Gasteiger partial charge < -0.3 is 14.4 Å². The maximum Gasteiger partial charge on any atom is 0.338 e. The van der Waals surface area contributed by atoms with Crippen LogP contribution >= 0.6 is 0 Å². The van der Waals surface area contributed by atoms with Gasteiger partial charge in [0.1, 0.15) is 0 Å². The largest absolute Gasteiger partial charge is 0.465 e. The molecule has 5 nitrogen and oxygen atoms in total. The number of benzene rings is 1. The molecule has 0 amide bonds. The Bertz CT molecular complexity index is 590. The van der Waals surface area contributed by atoms with Gasteiger partial charge in [-0.25, -0.2) is 4.79 Å². The lowest BCUT2D eigenvalue weighted by Gasteiger charge is -2.25. The highest BCUT2D eigenvalue weighted by atomic mass is 16.5. The molecule has 0 aliphatic rings. The van der Waals surface area contributed by atoms with Crippen LogP contribution in [0, 0.1) is 5.92 Å². The summed E-state index contributed by atoms with van der Waals surface area (Å²) in [5.74, 6) is -0.616. The van der Waals surface area contributed by atoms with E-state index >= 15 is 0 Å². The highest BCUT2D eigenvalue weighted by Gasteiger charge is 2.12. The predicted octanol–water partition coefficient (Wildman–Crippen LogP) is 6.01. The molecule has 0 spiro atoms. The van der Waals surface area contributed by atoms with Crippen LogP contribution in [-0.2, 0) is 14.3 Å². The van der Waals surface area contributed by atoms with E-state index in [1.807, 2.05) is 38.1 Å². The van der Waals surface area contributed by atoms with Crippen molar-refractivity contribution in [2.24, 2.45) is 5.92 Å². The molecule has 30 heavy (non-hydrogen) atoms. The normalized spacial score (nSPS) is 11.7. The van der Waals surface area contributed by atoms with Gasteiger partial charge in [-0.2, -0.15) is 0 Å². The number of carbonyl (C=O) groups excluding carboxylic acids is 2. The predicted molar refractivity (Wildman–Crippen MR) is 123 cm³/mol. The summed E-state index contributed by atoms with van der Waals surface area (Å²) in [6.45, 7) is 10.9. The summed E-state index contributed by atoms with van der Waals surface area (Å²) in [5.41, 5.74) is 1.72. The summed E-state index contributed by atoms with van der Waals surface area (Å²) in [4.78, 5) is 26.3. The average Bonchev–Trinajstić information content (AvgIpc) is 2.77. The lowest BCUT2D eigenvalue weighted by atomic mass is 10.1. The van der Waals surface area contributed by atoms with Crippen molar-refractivity contribution in [1.29, 1.82) is 0 Å². The minimum absolute atomic E-state index is 0.0884. The average molecular weight is 420 g/mol. The van der Waals surface area contributed by atoms with Crippen LogP contribution < -0.4 is 4.90 Å². The molecule has 0 heterocycles. The van der Waals surface area contributed by atoms with E-state index in [9.17, 15) is 9.59 Å². The molecule has 0 fully saturated rings. The van der Waals surface area contributed by atoms with Crippen LogP contribution in [0.5, 0.6) is 0 Å². The second kappa shape index (κ2) is 15.8. The first-order valence-corrected chi connectivity index (χ1v) is 11.7. The van der Waals surface area contributed by atoms with Crippen LogP contribution in [0.2, 0.25) is 0 Å². The Labute approximate surface area is 183 Å². The van der Waals surface area contributed by atoms with Crippen molar-refractivity contribution in [2.45, 2.75) is 79.1 Å². The number of anilines is 1. The molecule has 0 aromatic heterocycles. The summed E-state index contributed by atoms with van der Waals surface area (Å²) in [6.07, 6.45) is 8.55. The second-order valence-electron chi connectivity index (χ2n) is 7.91. The molecular formula is C25H41NO4. The summed E-state index contributed by atoms with van der Waals surface area (Å²) in [7, 11) is 0. The second-order valence-corrected chi connectivity index (χ2v) is 7.91.